The van der Waals surface area contributed by atoms with Gasteiger partial charge in [0, 0.05) is 17.5 Å². The number of ketones is 1. The number of hydrogen-bond donors (Lipinski definition) is 2. The summed E-state index contributed by atoms with van der Waals surface area (Å²) in [6, 6.07) is 2.74. The maximum absolute atomic E-state index is 12.5. The molecular weight excluding hydrogens is 328 g/mol. The average molecular weight is 346 g/mol. The number of aliphatic hydroxyl groups excluding tert-OH is 1. The van der Waals surface area contributed by atoms with Crippen LogP contribution in [0.5, 0.6) is 0 Å². The van der Waals surface area contributed by atoms with Gasteiger partial charge in [-0.2, -0.15) is 0 Å². The number of aromatic nitrogens is 2. The molecule has 0 saturated carbocycles. The Balaban J connectivity index is 1.79. The quantitative estimate of drug-likeness (QED) is 0.757. The van der Waals surface area contributed by atoms with Gasteiger partial charge < -0.3 is 10.4 Å². The molecule has 24 heavy (non-hydrogen) atoms. The lowest BCUT2D eigenvalue weighted by atomic mass is 9.95. The van der Waals surface area contributed by atoms with Gasteiger partial charge in [0.05, 0.1) is 29.9 Å². The van der Waals surface area contributed by atoms with E-state index in [0.717, 1.165) is 13.0 Å². The zero-order valence-corrected chi connectivity index (χ0v) is 13.8. The van der Waals surface area contributed by atoms with E-state index in [4.69, 9.17) is 19.4 Å². The second-order valence-corrected chi connectivity index (χ2v) is 6.49. The van der Waals surface area contributed by atoms with Gasteiger partial charge in [-0.1, -0.05) is 17.1 Å². The van der Waals surface area contributed by atoms with Crippen LogP contribution in [0.15, 0.2) is 23.3 Å². The van der Waals surface area contributed by atoms with Crippen molar-refractivity contribution in [3.8, 4) is 0 Å². The first-order chi connectivity index (χ1) is 11.5. The lowest BCUT2D eigenvalue weighted by Gasteiger charge is -2.28. The second-order valence-electron chi connectivity index (χ2n) is 6.08. The summed E-state index contributed by atoms with van der Waals surface area (Å²) in [6.45, 7) is 0.696. The first-order valence-corrected chi connectivity index (χ1v) is 8.21. The number of rotatable bonds is 4. The fraction of sp³-hybridized carbons (Fsp3) is 0.438. The monoisotopic (exact) mass is 345 g/mol. The lowest BCUT2D eigenvalue weighted by Crippen LogP contribution is -2.46. The summed E-state index contributed by atoms with van der Waals surface area (Å²) in [4.78, 5) is 28.9. The molecule has 1 saturated heterocycles. The summed E-state index contributed by atoms with van der Waals surface area (Å²) < 4.78 is 1.26. The van der Waals surface area contributed by atoms with Crippen LogP contribution < -0.4 is 16.3 Å². The third-order valence-corrected chi connectivity index (χ3v) is 4.61. The fourth-order valence-corrected chi connectivity index (χ4v) is 3.12. The molecule has 1 aromatic heterocycles. The fourth-order valence-electron chi connectivity index (χ4n) is 2.95. The standard InChI is InChI=1S/C16H17BClN3O3/c17-11-6-13-10(5-12(11)18)16(24)21(8-20-13)7-9(22)4-14-15(23)2-1-3-19-14/h5-6,8,14-15,19,23H,1-4,7H2. The van der Waals surface area contributed by atoms with Crippen LogP contribution in [0, 0.1) is 0 Å². The molecule has 1 fully saturated rings. The van der Waals surface area contributed by atoms with E-state index in [1.165, 1.54) is 23.0 Å². The van der Waals surface area contributed by atoms with E-state index >= 15 is 0 Å². The van der Waals surface area contributed by atoms with Gasteiger partial charge in [0.25, 0.3) is 5.56 Å². The van der Waals surface area contributed by atoms with Crippen molar-refractivity contribution in [2.24, 2.45) is 0 Å². The predicted molar refractivity (Wildman–Crippen MR) is 93.1 cm³/mol. The molecule has 8 heteroatoms. The zero-order chi connectivity index (χ0) is 17.3. The summed E-state index contributed by atoms with van der Waals surface area (Å²) in [5, 5.41) is 13.7. The van der Waals surface area contributed by atoms with Gasteiger partial charge >= 0.3 is 0 Å². The van der Waals surface area contributed by atoms with Crippen LogP contribution in [0.2, 0.25) is 5.02 Å². The second kappa shape index (κ2) is 7.05. The summed E-state index contributed by atoms with van der Waals surface area (Å²) in [5.41, 5.74) is 0.449. The normalized spacial score (nSPS) is 21.1. The maximum Gasteiger partial charge on any atom is 0.261 e. The van der Waals surface area contributed by atoms with Crippen molar-refractivity contribution < 1.29 is 9.90 Å². The number of Topliss-reactive ketones (excluding diaryl/α,β-unsaturated/α-hetero) is 1. The van der Waals surface area contributed by atoms with Crippen LogP contribution in [-0.2, 0) is 11.3 Å². The van der Waals surface area contributed by atoms with Crippen LogP contribution in [0.1, 0.15) is 19.3 Å². The molecule has 1 aromatic carbocycles. The van der Waals surface area contributed by atoms with E-state index in [0.29, 0.717) is 22.8 Å². The van der Waals surface area contributed by atoms with E-state index in [1.54, 1.807) is 0 Å². The highest BCUT2D eigenvalue weighted by molar-refractivity contribution is 6.45. The van der Waals surface area contributed by atoms with Crippen molar-refractivity contribution in [1.82, 2.24) is 14.9 Å². The highest BCUT2D eigenvalue weighted by Crippen LogP contribution is 2.13. The molecule has 2 heterocycles. The van der Waals surface area contributed by atoms with Crippen molar-refractivity contribution in [3.63, 3.8) is 0 Å². The van der Waals surface area contributed by atoms with Crippen LogP contribution in [0.4, 0.5) is 0 Å². The lowest BCUT2D eigenvalue weighted by molar-refractivity contribution is -0.121. The smallest absolute Gasteiger partial charge is 0.261 e. The Labute approximate surface area is 145 Å². The number of piperidine rings is 1. The molecular formula is C16H17BClN3O3. The summed E-state index contributed by atoms with van der Waals surface area (Å²) >= 11 is 5.96. The first-order valence-electron chi connectivity index (χ1n) is 7.83. The molecule has 2 N–H and O–H groups in total. The third kappa shape index (κ3) is 3.53. The summed E-state index contributed by atoms with van der Waals surface area (Å²) in [6.07, 6.45) is 2.55. The molecule has 2 unspecified atom stereocenters. The van der Waals surface area contributed by atoms with Crippen molar-refractivity contribution in [3.05, 3.63) is 33.8 Å². The van der Waals surface area contributed by atoms with Crippen LogP contribution in [0.3, 0.4) is 0 Å². The van der Waals surface area contributed by atoms with Gasteiger partial charge in [-0.25, -0.2) is 4.98 Å². The van der Waals surface area contributed by atoms with Crippen molar-refractivity contribution in [1.29, 1.82) is 0 Å². The van der Waals surface area contributed by atoms with Crippen LogP contribution in [-0.4, -0.2) is 47.0 Å². The van der Waals surface area contributed by atoms with Gasteiger partial charge in [-0.3, -0.25) is 14.2 Å². The molecule has 1 aliphatic rings. The molecule has 3 rings (SSSR count). The Bertz CT molecular complexity index is 839. The molecule has 2 radical (unpaired) electrons. The molecule has 1 aliphatic heterocycles. The minimum absolute atomic E-state index is 0.0886. The van der Waals surface area contributed by atoms with Crippen LogP contribution >= 0.6 is 11.6 Å². The van der Waals surface area contributed by atoms with Crippen molar-refractivity contribution in [2.75, 3.05) is 6.54 Å². The average Bonchev–Trinajstić information content (AvgIpc) is 2.54. The Morgan fingerprint density at radius 2 is 2.29 bits per heavy atom. The van der Waals surface area contributed by atoms with Gasteiger partial charge in [0.2, 0.25) is 0 Å². The molecule has 0 bridgehead atoms. The number of nitrogens with one attached hydrogen (secondary N) is 1. The number of hydrogen-bond acceptors (Lipinski definition) is 5. The van der Waals surface area contributed by atoms with E-state index in [9.17, 15) is 14.7 Å². The number of halogens is 1. The van der Waals surface area contributed by atoms with E-state index in [1.807, 2.05) is 0 Å². The third-order valence-electron chi connectivity index (χ3n) is 4.28. The number of benzene rings is 1. The Kier molecular flexibility index (Phi) is 5.03. The predicted octanol–water partition coefficient (Wildman–Crippen LogP) is -0.0842. The topological polar surface area (TPSA) is 84.2 Å². The SMILES string of the molecule is [B]c1cc2ncn(CC(=O)CC3NCCCC3O)c(=O)c2cc1Cl. The molecule has 2 atom stereocenters. The maximum atomic E-state index is 12.5. The zero-order valence-electron chi connectivity index (χ0n) is 13.0. The van der Waals surface area contributed by atoms with Gasteiger partial charge in [-0.05, 0) is 31.5 Å². The van der Waals surface area contributed by atoms with E-state index < -0.39 is 6.10 Å². The van der Waals surface area contributed by atoms with Crippen molar-refractivity contribution in [2.45, 2.75) is 38.0 Å². The highest BCUT2D eigenvalue weighted by Gasteiger charge is 2.25. The van der Waals surface area contributed by atoms with Crippen molar-refractivity contribution >= 4 is 41.6 Å². The minimum Gasteiger partial charge on any atom is -0.391 e. The number of nitrogens with zero attached hydrogens (tertiary/aromatic N) is 2. The Morgan fingerprint density at radius 1 is 1.50 bits per heavy atom. The number of fused-ring (bicyclic) bond motifs is 1. The number of carbonyl (C=O) groups is 1. The number of carbonyl (C=O) groups excluding carboxylic acids is 1. The van der Waals surface area contributed by atoms with Gasteiger partial charge in [-0.15, -0.1) is 0 Å². The first kappa shape index (κ1) is 17.1. The molecule has 124 valence electrons. The summed E-state index contributed by atoms with van der Waals surface area (Å²) in [5.74, 6) is -0.141. The molecule has 0 aliphatic carbocycles. The van der Waals surface area contributed by atoms with Gasteiger partial charge in [0.1, 0.15) is 7.85 Å². The van der Waals surface area contributed by atoms with E-state index in [2.05, 4.69) is 10.3 Å². The van der Waals surface area contributed by atoms with E-state index in [-0.39, 0.29) is 35.4 Å². The van der Waals surface area contributed by atoms with Gasteiger partial charge in [0.15, 0.2) is 5.78 Å². The van der Waals surface area contributed by atoms with Crippen LogP contribution in [0.25, 0.3) is 10.9 Å². The molecule has 0 spiro atoms. The minimum atomic E-state index is -0.532. The number of aliphatic hydroxyl groups is 1. The Hall–Kier alpha value is -1.70. The summed E-state index contributed by atoms with van der Waals surface area (Å²) in [7, 11) is 5.71. The molecule has 2 aromatic rings. The Morgan fingerprint density at radius 3 is 3.04 bits per heavy atom. The molecule has 0 amide bonds. The molecule has 6 nitrogen and oxygen atoms in total. The highest BCUT2D eigenvalue weighted by atomic mass is 35.5. The largest absolute Gasteiger partial charge is 0.391 e.